The highest BCUT2D eigenvalue weighted by Gasteiger charge is 2.19. The number of unbranched alkanes of at least 4 members (excludes halogenated alkanes) is 33. The van der Waals surface area contributed by atoms with Crippen LogP contribution in [0.2, 0.25) is 0 Å². The van der Waals surface area contributed by atoms with Gasteiger partial charge in [-0.3, -0.25) is 14.4 Å². The van der Waals surface area contributed by atoms with Gasteiger partial charge in [-0.2, -0.15) is 0 Å². The van der Waals surface area contributed by atoms with Crippen molar-refractivity contribution >= 4 is 17.9 Å². The van der Waals surface area contributed by atoms with Gasteiger partial charge in [0.15, 0.2) is 6.10 Å². The van der Waals surface area contributed by atoms with Gasteiger partial charge in [0.05, 0.1) is 0 Å². The molecule has 0 amide bonds. The molecule has 0 aliphatic carbocycles. The molecule has 0 aromatic rings. The van der Waals surface area contributed by atoms with E-state index in [1.54, 1.807) is 0 Å². The maximum atomic E-state index is 12.8. The summed E-state index contributed by atoms with van der Waals surface area (Å²) in [5.41, 5.74) is 0. The molecule has 0 fully saturated rings. The van der Waals surface area contributed by atoms with Crippen LogP contribution in [-0.2, 0) is 28.6 Å². The highest BCUT2D eigenvalue weighted by Crippen LogP contribution is 2.18. The van der Waals surface area contributed by atoms with Gasteiger partial charge in [-0.15, -0.1) is 0 Å². The van der Waals surface area contributed by atoms with Gasteiger partial charge < -0.3 is 14.2 Å². The Morgan fingerprint density at radius 3 is 0.934 bits per heavy atom. The minimum Gasteiger partial charge on any atom is -0.462 e. The van der Waals surface area contributed by atoms with Crippen molar-refractivity contribution in [1.29, 1.82) is 0 Å². The molecule has 0 radical (unpaired) electrons. The average Bonchev–Trinajstić information content (AvgIpc) is 3.24. The second-order valence-electron chi connectivity index (χ2n) is 19.6. The standard InChI is InChI=1S/C55H106O6/c1-6-8-9-10-11-12-13-19-25-30-35-40-45-53(56)59-48-52(49-60-54(57)46-41-36-31-26-22-21-24-29-34-39-44-51(5)7-2)61-55(58)47-42-37-32-27-20-17-15-14-16-18-23-28-33-38-43-50(3)4/h50-52H,6-49H2,1-5H3/t51?,52-/m1/s1. The summed E-state index contributed by atoms with van der Waals surface area (Å²) in [6.07, 6.45) is 49.4. The van der Waals surface area contributed by atoms with Crippen molar-refractivity contribution in [3.63, 3.8) is 0 Å². The Kier molecular flexibility index (Phi) is 46.6. The summed E-state index contributed by atoms with van der Waals surface area (Å²) in [6.45, 7) is 11.4. The van der Waals surface area contributed by atoms with Crippen molar-refractivity contribution in [2.45, 2.75) is 310 Å². The first-order valence-corrected chi connectivity index (χ1v) is 27.3. The molecule has 1 unspecified atom stereocenters. The molecule has 0 spiro atoms. The number of rotatable bonds is 49. The first-order chi connectivity index (χ1) is 29.8. The normalized spacial score (nSPS) is 12.5. The molecule has 0 aromatic carbocycles. The van der Waals surface area contributed by atoms with Gasteiger partial charge in [-0.05, 0) is 31.1 Å². The smallest absolute Gasteiger partial charge is 0.306 e. The number of hydrogen-bond acceptors (Lipinski definition) is 6. The average molecular weight is 863 g/mol. The summed E-state index contributed by atoms with van der Waals surface area (Å²) < 4.78 is 16.8. The molecule has 0 aromatic heterocycles. The summed E-state index contributed by atoms with van der Waals surface area (Å²) in [6, 6.07) is 0. The summed E-state index contributed by atoms with van der Waals surface area (Å²) in [5.74, 6) is 0.869. The van der Waals surface area contributed by atoms with E-state index < -0.39 is 6.10 Å². The molecule has 0 aliphatic rings. The highest BCUT2D eigenvalue weighted by molar-refractivity contribution is 5.71. The summed E-state index contributed by atoms with van der Waals surface area (Å²) in [7, 11) is 0. The molecule has 362 valence electrons. The molecule has 0 rings (SSSR count). The molecule has 0 heterocycles. The minimum atomic E-state index is -0.762. The van der Waals surface area contributed by atoms with Crippen LogP contribution in [0.5, 0.6) is 0 Å². The Morgan fingerprint density at radius 2 is 0.623 bits per heavy atom. The first-order valence-electron chi connectivity index (χ1n) is 27.3. The molecular formula is C55H106O6. The lowest BCUT2D eigenvalue weighted by molar-refractivity contribution is -0.167. The zero-order valence-electron chi connectivity index (χ0n) is 41.8. The van der Waals surface area contributed by atoms with E-state index in [0.717, 1.165) is 69.6 Å². The fourth-order valence-electron chi connectivity index (χ4n) is 8.31. The lowest BCUT2D eigenvalue weighted by Gasteiger charge is -2.18. The maximum absolute atomic E-state index is 12.8. The Morgan fingerprint density at radius 1 is 0.344 bits per heavy atom. The van der Waals surface area contributed by atoms with Gasteiger partial charge in [0, 0.05) is 19.3 Å². The third-order valence-corrected chi connectivity index (χ3v) is 12.8. The summed E-state index contributed by atoms with van der Waals surface area (Å²) in [5, 5.41) is 0. The second kappa shape index (κ2) is 47.9. The van der Waals surface area contributed by atoms with Gasteiger partial charge in [-0.25, -0.2) is 0 Å². The van der Waals surface area contributed by atoms with E-state index in [2.05, 4.69) is 34.6 Å². The van der Waals surface area contributed by atoms with Crippen LogP contribution in [0, 0.1) is 11.8 Å². The summed E-state index contributed by atoms with van der Waals surface area (Å²) in [4.78, 5) is 38.0. The van der Waals surface area contributed by atoms with E-state index in [9.17, 15) is 14.4 Å². The first kappa shape index (κ1) is 59.4. The van der Waals surface area contributed by atoms with Crippen molar-refractivity contribution in [3.8, 4) is 0 Å². The van der Waals surface area contributed by atoms with E-state index in [-0.39, 0.29) is 31.1 Å². The van der Waals surface area contributed by atoms with E-state index >= 15 is 0 Å². The van der Waals surface area contributed by atoms with E-state index in [1.807, 2.05) is 0 Å². The number of carbonyl (C=O) groups is 3. The molecule has 0 N–H and O–H groups in total. The van der Waals surface area contributed by atoms with Crippen LogP contribution >= 0.6 is 0 Å². The molecule has 6 heteroatoms. The van der Waals surface area contributed by atoms with Gasteiger partial charge in [-0.1, -0.05) is 266 Å². The zero-order valence-corrected chi connectivity index (χ0v) is 41.8. The number of carbonyl (C=O) groups excluding carboxylic acids is 3. The monoisotopic (exact) mass is 863 g/mol. The Bertz CT molecular complexity index is 933. The van der Waals surface area contributed by atoms with Crippen LogP contribution in [0.4, 0.5) is 0 Å². The Balaban J connectivity index is 4.31. The predicted molar refractivity (Wildman–Crippen MR) is 261 cm³/mol. The van der Waals surface area contributed by atoms with Crippen molar-refractivity contribution in [3.05, 3.63) is 0 Å². The SMILES string of the molecule is CCCCCCCCCCCCCCC(=O)OC[C@H](COC(=O)CCCCCCCCCCCCC(C)CC)OC(=O)CCCCCCCCCCCCCCCCC(C)C. The second-order valence-corrected chi connectivity index (χ2v) is 19.6. The highest BCUT2D eigenvalue weighted by atomic mass is 16.6. The number of esters is 3. The van der Waals surface area contributed by atoms with Crippen molar-refractivity contribution in [1.82, 2.24) is 0 Å². The molecule has 2 atom stereocenters. The predicted octanol–water partition coefficient (Wildman–Crippen LogP) is 17.7. The van der Waals surface area contributed by atoms with Crippen LogP contribution in [-0.4, -0.2) is 37.2 Å². The number of ether oxygens (including phenoxy) is 3. The minimum absolute atomic E-state index is 0.0632. The fourth-order valence-corrected chi connectivity index (χ4v) is 8.31. The van der Waals surface area contributed by atoms with E-state index in [0.29, 0.717) is 19.3 Å². The van der Waals surface area contributed by atoms with Gasteiger partial charge in [0.2, 0.25) is 0 Å². The fraction of sp³-hybridized carbons (Fsp3) is 0.945. The van der Waals surface area contributed by atoms with Crippen molar-refractivity contribution in [2.75, 3.05) is 13.2 Å². The van der Waals surface area contributed by atoms with Crippen LogP contribution in [0.15, 0.2) is 0 Å². The zero-order chi connectivity index (χ0) is 44.7. The Labute approximate surface area is 380 Å². The molecule has 61 heavy (non-hydrogen) atoms. The molecule has 0 aliphatic heterocycles. The third kappa shape index (κ3) is 47.7. The van der Waals surface area contributed by atoms with Crippen LogP contribution < -0.4 is 0 Å². The quantitative estimate of drug-likeness (QED) is 0.0344. The van der Waals surface area contributed by atoms with Crippen LogP contribution in [0.1, 0.15) is 304 Å². The van der Waals surface area contributed by atoms with Crippen LogP contribution in [0.25, 0.3) is 0 Å². The molecule has 6 nitrogen and oxygen atoms in total. The topological polar surface area (TPSA) is 78.9 Å². The summed E-state index contributed by atoms with van der Waals surface area (Å²) >= 11 is 0. The lowest BCUT2D eigenvalue weighted by atomic mass is 9.99. The van der Waals surface area contributed by atoms with Crippen molar-refractivity contribution < 1.29 is 28.6 Å². The Hall–Kier alpha value is -1.59. The van der Waals surface area contributed by atoms with E-state index in [1.165, 1.54) is 193 Å². The lowest BCUT2D eigenvalue weighted by Crippen LogP contribution is -2.30. The number of hydrogen-bond donors (Lipinski definition) is 0. The van der Waals surface area contributed by atoms with Crippen molar-refractivity contribution in [2.24, 2.45) is 11.8 Å². The molecule has 0 saturated carbocycles. The van der Waals surface area contributed by atoms with Gasteiger partial charge in [0.1, 0.15) is 13.2 Å². The molecule has 0 saturated heterocycles. The molecule has 0 bridgehead atoms. The van der Waals surface area contributed by atoms with Gasteiger partial charge in [0.25, 0.3) is 0 Å². The third-order valence-electron chi connectivity index (χ3n) is 12.8. The molecular weight excluding hydrogens is 757 g/mol. The van der Waals surface area contributed by atoms with Gasteiger partial charge >= 0.3 is 17.9 Å². The van der Waals surface area contributed by atoms with Crippen LogP contribution in [0.3, 0.4) is 0 Å². The maximum Gasteiger partial charge on any atom is 0.306 e. The van der Waals surface area contributed by atoms with E-state index in [4.69, 9.17) is 14.2 Å². The largest absolute Gasteiger partial charge is 0.462 e.